The van der Waals surface area contributed by atoms with E-state index in [1.807, 2.05) is 10.4 Å². The van der Waals surface area contributed by atoms with E-state index in [-0.39, 0.29) is 224 Å². The topological polar surface area (TPSA) is 0 Å². The fraction of sp³-hybridized carbons (Fsp3) is 0.769. The molecule has 136 heavy (non-hydrogen) atoms. The molecular formula is C121H234BrISi9Zr4. The summed E-state index contributed by atoms with van der Waals surface area (Å²) in [5.41, 5.74) is 10.8. The van der Waals surface area contributed by atoms with E-state index in [0.717, 1.165) is 120 Å². The number of rotatable bonds is 27. The van der Waals surface area contributed by atoms with E-state index < -0.39 is 74.6 Å². The maximum atomic E-state index is 4.24. The van der Waals surface area contributed by atoms with Gasteiger partial charge < -0.3 is 119 Å². The predicted molar refractivity (Wildman–Crippen MR) is 654 cm³/mol. The van der Waals surface area contributed by atoms with Crippen molar-refractivity contribution in [1.29, 1.82) is 0 Å². The monoisotopic (exact) mass is 2510 g/mol. The van der Waals surface area contributed by atoms with Crippen LogP contribution in [0.5, 0.6) is 0 Å². The molecule has 16 aliphatic rings. The largest absolute Gasteiger partial charge is 4.00 e. The molecule has 16 aliphatic carbocycles. The Bertz CT molecular complexity index is 3170. The molecule has 0 heterocycles. The van der Waals surface area contributed by atoms with Gasteiger partial charge in [-0.15, -0.1) is 0 Å². The summed E-state index contributed by atoms with van der Waals surface area (Å²) in [5.74, 6) is 22.3. The van der Waals surface area contributed by atoms with E-state index in [1.165, 1.54) is 140 Å². The van der Waals surface area contributed by atoms with Gasteiger partial charge in [0.2, 0.25) is 0 Å². The first-order valence-corrected chi connectivity index (χ1v) is 83.5. The van der Waals surface area contributed by atoms with E-state index in [4.69, 9.17) is 0 Å². The molecule has 0 saturated heterocycles. The quantitative estimate of drug-likeness (QED) is 0.0362. The second kappa shape index (κ2) is 72.7. The summed E-state index contributed by atoms with van der Waals surface area (Å²) in [6.45, 7) is 34.9. The summed E-state index contributed by atoms with van der Waals surface area (Å²) in [5, 5.41) is 3.69. The molecule has 0 aromatic heterocycles. The molecule has 16 saturated carbocycles. The third-order valence-corrected chi connectivity index (χ3v) is 104. The number of fused-ring (bicyclic) bond motifs is 8. The minimum atomic E-state index is -1.09. The van der Waals surface area contributed by atoms with Crippen molar-refractivity contribution in [2.45, 2.75) is 460 Å². The maximum Gasteiger partial charge on any atom is 4.00 e. The molecule has 18 rings (SSSR count). The van der Waals surface area contributed by atoms with Crippen molar-refractivity contribution >= 4 is 123 Å². The summed E-state index contributed by atoms with van der Waals surface area (Å²) in [6, 6.07) is 24.4. The summed E-state index contributed by atoms with van der Waals surface area (Å²) in [7, 11) is -6.09. The molecule has 0 spiro atoms. The number of halogens is 2. The zero-order valence-electron chi connectivity index (χ0n) is 96.2. The third kappa shape index (κ3) is 36.1. The second-order valence-corrected chi connectivity index (χ2v) is 100. The third-order valence-electron chi connectivity index (χ3n) is 41.9. The Hall–Kier alpha value is 5.13. The Morgan fingerprint density at radius 3 is 0.985 bits per heavy atom. The van der Waals surface area contributed by atoms with Gasteiger partial charge in [-0.25, -0.2) is 0 Å². The van der Waals surface area contributed by atoms with Gasteiger partial charge >= 0.3 is 105 Å². The van der Waals surface area contributed by atoms with Crippen molar-refractivity contribution in [3.8, 4) is 0 Å². The molecule has 0 nitrogen and oxygen atoms in total. The zero-order chi connectivity index (χ0) is 80.9. The Labute approximate surface area is 974 Å². The minimum Gasteiger partial charge on any atom is -0.358 e. The Morgan fingerprint density at radius 2 is 0.574 bits per heavy atom. The Balaban J connectivity index is -0.000000397. The molecule has 0 aliphatic heterocycles. The van der Waals surface area contributed by atoms with Gasteiger partial charge in [-0.1, -0.05) is 470 Å². The van der Waals surface area contributed by atoms with Gasteiger partial charge in [-0.2, -0.15) is 0 Å². The molecule has 16 fully saturated rings. The molecule has 0 radical (unpaired) electrons. The fourth-order valence-corrected chi connectivity index (χ4v) is 96.5. The summed E-state index contributed by atoms with van der Waals surface area (Å²) < 4.78 is 1.05. The van der Waals surface area contributed by atoms with Crippen LogP contribution in [0, 0.1) is 237 Å². The average molecular weight is 2510 g/mol. The van der Waals surface area contributed by atoms with Gasteiger partial charge in [0.25, 0.3) is 0 Å². The molecule has 39 atom stereocenters. The first kappa shape index (κ1) is 152. The van der Waals surface area contributed by atoms with Crippen molar-refractivity contribution in [2.24, 2.45) is 118 Å². The summed E-state index contributed by atoms with van der Waals surface area (Å²) in [6.07, 6.45) is 76.9. The Morgan fingerprint density at radius 1 is 0.272 bits per heavy atom. The van der Waals surface area contributed by atoms with Crippen LogP contribution < -0.4 is 10.4 Å². The normalized spacial score (nSPS) is 36.9. The van der Waals surface area contributed by atoms with Crippen LogP contribution in [0.2, 0.25) is 109 Å². The van der Waals surface area contributed by atoms with Crippen LogP contribution in [0.4, 0.5) is 0 Å². The van der Waals surface area contributed by atoms with E-state index in [2.05, 4.69) is 186 Å². The standard InChI is InChI=1S/C33H48Si2.C26H52Si3.C23H43BrSi2.C23H43ISi2.16CH3.4Zr/c1-2-3-11-25-18-20-31(22-25)34(29-14-6-4-7-15-29)35(30-16-8-5-9-17-30)33-21-19-28-23-26-12-10-13-27(26)24-32(28)33;1-7-8-10-19-13-14-21(17-19)27(2)28(3)25-16-15-23-24(25)18-20-11-9-12-22(20)26(23)29(4,5)6;2*1-4-5-7-16-10-11-18(14-16)25(2)26(3)22-13-12-20-21(22)15-17-8-6-9-19(17)23(20)24;;;;;;;;;;;;;;;;;;;;/h4-9,14-17,25-28,31-35H,2-3,10-13,18-24H2,1H3;19-28H,7-18H2,1-6H3;2*16-23,25-26H,4-15H2,1-3H3;16*1H3;;;;/q;;;;16*-1;4*+4. The van der Waals surface area contributed by atoms with Crippen LogP contribution in [0.3, 0.4) is 0 Å². The Kier molecular flexibility index (Phi) is 81.2. The van der Waals surface area contributed by atoms with Gasteiger partial charge in [0.15, 0.2) is 0 Å². The predicted octanol–water partition coefficient (Wildman–Crippen LogP) is 36.8. The summed E-state index contributed by atoms with van der Waals surface area (Å²) in [4.78, 5) is 0.891. The van der Waals surface area contributed by atoms with Crippen molar-refractivity contribution < 1.29 is 105 Å². The SMILES string of the molecule is CCCCC1CCC([SiH](C)[SiH](C)C2CCC3C(Br)C4CCCC4CC32)C1.CCCCC1CCC([SiH](C)[SiH](C)C2CCC3C(I)C4CCCC4CC32)C1.CCCCC1CCC([SiH](C)[SiH](C)C2CCC3C2CC2CCCC2C3[Si](C)(C)C)C1.CCCCC1CCC([SiH](c2ccccc2)[SiH](c2ccccc2)C2CCC3CC4CCCC4CC32)C1.[CH3-].[CH3-].[CH3-].[CH3-].[CH3-].[CH3-].[CH3-].[CH3-].[CH3-].[CH3-].[CH3-].[CH3-].[CH3-].[CH3-].[CH3-].[CH3-].[Zr+4].[Zr+4].[Zr+4].[Zr+4]. The number of hydrogen-bond acceptors (Lipinski definition) is 0. The van der Waals surface area contributed by atoms with E-state index in [1.54, 1.807) is 231 Å². The first-order valence-electron chi connectivity index (χ1n) is 53.7. The van der Waals surface area contributed by atoms with Crippen LogP contribution in [0.15, 0.2) is 60.7 Å². The van der Waals surface area contributed by atoms with Crippen LogP contribution in [0.1, 0.15) is 342 Å². The van der Waals surface area contributed by atoms with E-state index in [0.29, 0.717) is 0 Å². The number of unbranched alkanes of at least 4 members (excludes halogenated alkanes) is 4. The van der Waals surface area contributed by atoms with E-state index >= 15 is 0 Å². The van der Waals surface area contributed by atoms with Crippen molar-refractivity contribution in [1.82, 2.24) is 0 Å². The van der Waals surface area contributed by atoms with Crippen LogP contribution in [-0.2, 0) is 105 Å². The van der Waals surface area contributed by atoms with Crippen molar-refractivity contribution in [3.05, 3.63) is 179 Å². The van der Waals surface area contributed by atoms with Crippen LogP contribution in [0.25, 0.3) is 0 Å². The molecule has 2 aromatic carbocycles. The van der Waals surface area contributed by atoms with Crippen LogP contribution >= 0.6 is 38.5 Å². The van der Waals surface area contributed by atoms with Crippen LogP contribution in [-0.4, -0.2) is 83.3 Å². The first-order chi connectivity index (χ1) is 56.3. The van der Waals surface area contributed by atoms with Gasteiger partial charge in [0.1, 0.15) is 0 Å². The molecule has 784 valence electrons. The molecule has 0 N–H and O–H groups in total. The maximum absolute atomic E-state index is 4.24. The molecule has 0 bridgehead atoms. The molecule has 15 heteroatoms. The zero-order valence-corrected chi connectivity index (χ0v) is 120. The molecule has 2 aromatic rings. The van der Waals surface area contributed by atoms with Gasteiger partial charge in [-0.05, 0) is 209 Å². The van der Waals surface area contributed by atoms with Crippen molar-refractivity contribution in [2.75, 3.05) is 0 Å². The van der Waals surface area contributed by atoms with Gasteiger partial charge in [-0.3, -0.25) is 0 Å². The second-order valence-electron chi connectivity index (χ2n) is 48.2. The average Bonchev–Trinajstić information content (AvgIpc) is 1.57. The fourth-order valence-electron chi connectivity index (χ4n) is 35.6. The van der Waals surface area contributed by atoms with E-state index in [9.17, 15) is 0 Å². The smallest absolute Gasteiger partial charge is 0.358 e. The minimum absolute atomic E-state index is 0. The summed E-state index contributed by atoms with van der Waals surface area (Å²) >= 11 is 7.16. The number of hydrogen-bond donors (Lipinski definition) is 0. The molecule has 0 amide bonds. The van der Waals surface area contributed by atoms with Crippen molar-refractivity contribution in [3.63, 3.8) is 0 Å². The molecular weight excluding hydrogens is 2280 g/mol. The van der Waals surface area contributed by atoms with Gasteiger partial charge in [0, 0.05) is 66.7 Å². The van der Waals surface area contributed by atoms with Gasteiger partial charge in [0.05, 0.1) is 16.6 Å². The number of alkyl halides is 2. The number of benzene rings is 2. The molecule has 39 unspecified atom stereocenters.